The van der Waals surface area contributed by atoms with Crippen LogP contribution in [0.25, 0.3) is 21.5 Å². The maximum atomic E-state index is 3.18. The largest absolute Gasteiger partial charge is 0.319 e. The fraction of sp³-hybridized carbons (Fsp3) is 0.355. The highest BCUT2D eigenvalue weighted by Crippen LogP contribution is 2.19. The van der Waals surface area contributed by atoms with Gasteiger partial charge in [-0.05, 0) is 59.7 Å². The molecular weight excluding hydrogens is 400 g/mol. The topological polar surface area (TPSA) is 24.1 Å². The molecule has 2 heteroatoms. The van der Waals surface area contributed by atoms with Gasteiger partial charge in [0, 0.05) is 6.54 Å². The molecule has 0 spiro atoms. The lowest BCUT2D eigenvalue weighted by atomic mass is 10.0. The Morgan fingerprint density at radius 1 is 0.485 bits per heavy atom. The van der Waals surface area contributed by atoms with Gasteiger partial charge in [-0.3, -0.25) is 0 Å². The van der Waals surface area contributed by atoms with Crippen LogP contribution in [0.3, 0.4) is 0 Å². The molecule has 0 unspecified atom stereocenters. The van der Waals surface area contributed by atoms with Crippen LogP contribution < -0.4 is 10.6 Å². The summed E-state index contributed by atoms with van der Waals surface area (Å²) in [5.74, 6) is 0. The summed E-state index contributed by atoms with van der Waals surface area (Å²) < 4.78 is 0. The number of benzene rings is 4. The number of likely N-dealkylation sites (N-methyl/N-ethyl adjacent to an activating group) is 1. The average molecular weight is 447 g/mol. The van der Waals surface area contributed by atoms with E-state index in [0.29, 0.717) is 0 Å². The van der Waals surface area contributed by atoms with Crippen molar-refractivity contribution >= 4 is 21.5 Å². The molecule has 0 bridgehead atoms. The third-order valence-corrected chi connectivity index (χ3v) is 4.77. The van der Waals surface area contributed by atoms with Gasteiger partial charge in [0.2, 0.25) is 0 Å². The van der Waals surface area contributed by atoms with Crippen LogP contribution in [0.15, 0.2) is 84.9 Å². The summed E-state index contributed by atoms with van der Waals surface area (Å²) in [6.45, 7) is 14.0. The molecule has 0 radical (unpaired) electrons. The Kier molecular flexibility index (Phi) is 18.3. The molecule has 0 fully saturated rings. The minimum absolute atomic E-state index is 0.932. The molecule has 0 aliphatic heterocycles. The van der Waals surface area contributed by atoms with Gasteiger partial charge in [-0.2, -0.15) is 0 Å². The first-order valence-electron chi connectivity index (χ1n) is 12.6. The van der Waals surface area contributed by atoms with Crippen LogP contribution in [-0.2, 0) is 13.0 Å². The van der Waals surface area contributed by atoms with Gasteiger partial charge in [-0.15, -0.1) is 0 Å². The Balaban J connectivity index is 0.000000508. The van der Waals surface area contributed by atoms with Gasteiger partial charge >= 0.3 is 0 Å². The van der Waals surface area contributed by atoms with E-state index in [-0.39, 0.29) is 0 Å². The van der Waals surface area contributed by atoms with Crippen LogP contribution >= 0.6 is 0 Å². The number of fused-ring (bicyclic) bond motifs is 2. The van der Waals surface area contributed by atoms with E-state index in [4.69, 9.17) is 0 Å². The molecule has 0 amide bonds. The monoisotopic (exact) mass is 446 g/mol. The Hall–Kier alpha value is -2.68. The van der Waals surface area contributed by atoms with E-state index < -0.39 is 0 Å². The third kappa shape index (κ3) is 10.2. The van der Waals surface area contributed by atoms with E-state index in [9.17, 15) is 0 Å². The van der Waals surface area contributed by atoms with E-state index >= 15 is 0 Å². The second kappa shape index (κ2) is 20.0. The summed E-state index contributed by atoms with van der Waals surface area (Å²) in [6, 6.07) is 29.9. The zero-order valence-corrected chi connectivity index (χ0v) is 22.2. The van der Waals surface area contributed by atoms with Gasteiger partial charge < -0.3 is 10.6 Å². The third-order valence-electron chi connectivity index (χ3n) is 4.77. The smallest absolute Gasteiger partial charge is 0.0208 e. The van der Waals surface area contributed by atoms with Crippen molar-refractivity contribution in [3.8, 4) is 0 Å². The van der Waals surface area contributed by atoms with Gasteiger partial charge in [0.15, 0.2) is 0 Å². The summed E-state index contributed by atoms with van der Waals surface area (Å²) in [7, 11) is 3.97. The number of nitrogens with one attached hydrogen (secondary N) is 2. The highest BCUT2D eigenvalue weighted by atomic mass is 14.8. The molecule has 0 saturated heterocycles. The Morgan fingerprint density at radius 2 is 0.909 bits per heavy atom. The van der Waals surface area contributed by atoms with E-state index in [0.717, 1.165) is 19.5 Å². The molecule has 4 rings (SSSR count). The predicted molar refractivity (Wildman–Crippen MR) is 152 cm³/mol. The molecule has 33 heavy (non-hydrogen) atoms. The van der Waals surface area contributed by atoms with Crippen molar-refractivity contribution in [2.24, 2.45) is 0 Å². The first-order chi connectivity index (χ1) is 16.3. The highest BCUT2D eigenvalue weighted by Gasteiger charge is 1.98. The molecule has 4 aromatic carbocycles. The first kappa shape index (κ1) is 30.3. The van der Waals surface area contributed by atoms with E-state index in [1.165, 1.54) is 32.7 Å². The lowest BCUT2D eigenvalue weighted by molar-refractivity contribution is 0.795. The predicted octanol–water partition coefficient (Wildman–Crippen LogP) is 8.24. The minimum Gasteiger partial charge on any atom is -0.319 e. The molecule has 0 heterocycles. The summed E-state index contributed by atoms with van der Waals surface area (Å²) >= 11 is 0. The number of rotatable bonds is 5. The van der Waals surface area contributed by atoms with Crippen molar-refractivity contribution in [3.05, 3.63) is 96.1 Å². The van der Waals surface area contributed by atoms with Crippen molar-refractivity contribution in [1.29, 1.82) is 0 Å². The Morgan fingerprint density at radius 3 is 1.39 bits per heavy atom. The number of hydrogen-bond acceptors (Lipinski definition) is 2. The molecule has 0 aromatic heterocycles. The first-order valence-corrected chi connectivity index (χ1v) is 12.6. The lowest BCUT2D eigenvalue weighted by Crippen LogP contribution is -2.10. The maximum Gasteiger partial charge on any atom is 0.0208 e. The van der Waals surface area contributed by atoms with Crippen LogP contribution in [0.4, 0.5) is 0 Å². The molecule has 2 N–H and O–H groups in total. The van der Waals surface area contributed by atoms with Crippen LogP contribution in [0.1, 0.15) is 52.7 Å². The second-order valence-corrected chi connectivity index (χ2v) is 6.66. The average Bonchev–Trinajstić information content (AvgIpc) is 2.92. The lowest BCUT2D eigenvalue weighted by Gasteiger charge is -2.05. The van der Waals surface area contributed by atoms with Gasteiger partial charge in [-0.1, -0.05) is 126 Å². The van der Waals surface area contributed by atoms with Crippen molar-refractivity contribution in [2.45, 2.75) is 54.5 Å². The summed E-state index contributed by atoms with van der Waals surface area (Å²) in [5, 5.41) is 11.7. The van der Waals surface area contributed by atoms with Gasteiger partial charge in [0.1, 0.15) is 0 Å². The molecule has 0 saturated carbocycles. The van der Waals surface area contributed by atoms with Crippen LogP contribution in [0.5, 0.6) is 0 Å². The van der Waals surface area contributed by atoms with Gasteiger partial charge in [0.05, 0.1) is 0 Å². The fourth-order valence-electron chi connectivity index (χ4n) is 3.41. The summed E-state index contributed by atoms with van der Waals surface area (Å²) in [6.07, 6.45) is 1.10. The van der Waals surface area contributed by atoms with Crippen LogP contribution in [-0.4, -0.2) is 20.6 Å². The molecule has 2 nitrogen and oxygen atoms in total. The minimum atomic E-state index is 0.932. The number of hydrogen-bond donors (Lipinski definition) is 2. The van der Waals surface area contributed by atoms with E-state index in [2.05, 4.69) is 95.6 Å². The SMILES string of the molecule is CC.CC.CC.CNCCc1cccc2ccccc12.CNCc1cccc2ccccc12. The van der Waals surface area contributed by atoms with Gasteiger partial charge in [-0.25, -0.2) is 0 Å². The molecule has 0 aliphatic carbocycles. The van der Waals surface area contributed by atoms with Crippen molar-refractivity contribution in [2.75, 3.05) is 20.6 Å². The maximum absolute atomic E-state index is 3.18. The standard InChI is InChI=1S/C13H15N.C12H13N.3C2H6/c1-14-10-9-12-7-4-6-11-5-2-3-8-13(11)12;1-13-9-11-7-4-6-10-5-2-3-8-12(10)11;3*1-2/h2-8,14H,9-10H2,1H3;2-8,13H,9H2,1H3;3*1-2H3. The van der Waals surface area contributed by atoms with Crippen molar-refractivity contribution in [3.63, 3.8) is 0 Å². The molecule has 4 aromatic rings. The molecular formula is C31H46N2. The van der Waals surface area contributed by atoms with Gasteiger partial charge in [0.25, 0.3) is 0 Å². The zero-order chi connectivity index (χ0) is 24.9. The highest BCUT2D eigenvalue weighted by molar-refractivity contribution is 5.86. The second-order valence-electron chi connectivity index (χ2n) is 6.66. The normalized spacial score (nSPS) is 9.21. The molecule has 0 atom stereocenters. The molecule has 180 valence electrons. The molecule has 0 aliphatic rings. The van der Waals surface area contributed by atoms with Crippen molar-refractivity contribution < 1.29 is 0 Å². The quantitative estimate of drug-likeness (QED) is 0.322. The zero-order valence-electron chi connectivity index (χ0n) is 22.2. The van der Waals surface area contributed by atoms with Crippen LogP contribution in [0.2, 0.25) is 0 Å². The fourth-order valence-corrected chi connectivity index (χ4v) is 3.41. The van der Waals surface area contributed by atoms with Crippen LogP contribution in [0, 0.1) is 0 Å². The van der Waals surface area contributed by atoms with Crippen molar-refractivity contribution in [1.82, 2.24) is 10.6 Å². The Labute approximate surface area is 203 Å². The van der Waals surface area contributed by atoms with E-state index in [1.807, 2.05) is 55.6 Å². The Bertz CT molecular complexity index is 981. The summed E-state index contributed by atoms with van der Waals surface area (Å²) in [5.41, 5.74) is 2.79. The van der Waals surface area contributed by atoms with E-state index in [1.54, 1.807) is 0 Å². The summed E-state index contributed by atoms with van der Waals surface area (Å²) in [4.78, 5) is 0.